The predicted octanol–water partition coefficient (Wildman–Crippen LogP) is 3.34. The number of para-hydroxylation sites is 1. The third-order valence-corrected chi connectivity index (χ3v) is 3.15. The SMILES string of the molecule is CCOC(=O)CCn1cc(C(=O)C(F)(F)F)c2ccccc21. The molecule has 0 saturated carbocycles. The van der Waals surface area contributed by atoms with Gasteiger partial charge in [-0.25, -0.2) is 0 Å². The Kier molecular flexibility index (Phi) is 4.54. The van der Waals surface area contributed by atoms with Gasteiger partial charge in [0.25, 0.3) is 5.78 Å². The largest absolute Gasteiger partial charge is 0.466 e. The first-order valence-corrected chi connectivity index (χ1v) is 6.69. The smallest absolute Gasteiger partial charge is 0.454 e. The number of hydrogen-bond acceptors (Lipinski definition) is 3. The summed E-state index contributed by atoms with van der Waals surface area (Å²) < 4.78 is 44.2. The van der Waals surface area contributed by atoms with Gasteiger partial charge < -0.3 is 9.30 Å². The number of halogens is 3. The molecule has 0 unspecified atom stereocenters. The van der Waals surface area contributed by atoms with Gasteiger partial charge in [0.05, 0.1) is 18.6 Å². The average molecular weight is 313 g/mol. The Bertz CT molecular complexity index is 704. The number of Topliss-reactive ketones (excluding diaryl/α,β-unsaturated/α-hetero) is 1. The molecular weight excluding hydrogens is 299 g/mol. The van der Waals surface area contributed by atoms with Crippen LogP contribution in [0.25, 0.3) is 10.9 Å². The molecule has 0 N–H and O–H groups in total. The fourth-order valence-corrected chi connectivity index (χ4v) is 2.21. The number of esters is 1. The molecular formula is C15H14F3NO3. The molecule has 0 aliphatic carbocycles. The zero-order valence-electron chi connectivity index (χ0n) is 11.8. The van der Waals surface area contributed by atoms with E-state index in [1.54, 1.807) is 25.1 Å². The van der Waals surface area contributed by atoms with Crippen LogP contribution in [0.5, 0.6) is 0 Å². The maximum Gasteiger partial charge on any atom is 0.454 e. The summed E-state index contributed by atoms with van der Waals surface area (Å²) in [5, 5.41) is 0.216. The van der Waals surface area contributed by atoms with Crippen molar-refractivity contribution in [3.8, 4) is 0 Å². The summed E-state index contributed by atoms with van der Waals surface area (Å²) in [7, 11) is 0. The van der Waals surface area contributed by atoms with E-state index in [1.165, 1.54) is 10.6 Å². The third-order valence-electron chi connectivity index (χ3n) is 3.15. The maximum absolute atomic E-state index is 12.7. The van der Waals surface area contributed by atoms with Crippen molar-refractivity contribution in [1.82, 2.24) is 4.57 Å². The van der Waals surface area contributed by atoms with Gasteiger partial charge in [0.2, 0.25) is 0 Å². The van der Waals surface area contributed by atoms with Crippen molar-refractivity contribution in [2.75, 3.05) is 6.61 Å². The standard InChI is InChI=1S/C15H14F3NO3/c1-2-22-13(20)7-8-19-9-11(14(21)15(16,17)18)10-5-3-4-6-12(10)19/h3-6,9H,2,7-8H2,1H3. The highest BCUT2D eigenvalue weighted by Gasteiger charge is 2.40. The molecule has 0 aliphatic heterocycles. The normalized spacial score (nSPS) is 11.6. The van der Waals surface area contributed by atoms with Crippen molar-refractivity contribution in [1.29, 1.82) is 0 Å². The van der Waals surface area contributed by atoms with E-state index in [-0.39, 0.29) is 25.0 Å². The lowest BCUT2D eigenvalue weighted by Crippen LogP contribution is -2.22. The van der Waals surface area contributed by atoms with E-state index in [0.29, 0.717) is 5.52 Å². The molecule has 7 heteroatoms. The number of nitrogens with zero attached hydrogens (tertiary/aromatic N) is 1. The summed E-state index contributed by atoms with van der Waals surface area (Å²) >= 11 is 0. The van der Waals surface area contributed by atoms with Gasteiger partial charge in [0.15, 0.2) is 0 Å². The first-order valence-electron chi connectivity index (χ1n) is 6.69. The van der Waals surface area contributed by atoms with Gasteiger partial charge in [-0.3, -0.25) is 9.59 Å². The van der Waals surface area contributed by atoms with E-state index < -0.39 is 23.5 Å². The molecule has 1 aromatic carbocycles. The molecule has 0 saturated heterocycles. The highest BCUT2D eigenvalue weighted by molar-refractivity contribution is 6.10. The summed E-state index contributed by atoms with van der Waals surface area (Å²) in [6.07, 6.45) is -3.78. The number of ether oxygens (including phenoxy) is 1. The Hall–Kier alpha value is -2.31. The first kappa shape index (κ1) is 16.1. The molecule has 2 rings (SSSR count). The van der Waals surface area contributed by atoms with Crippen molar-refractivity contribution in [3.05, 3.63) is 36.0 Å². The van der Waals surface area contributed by atoms with Gasteiger partial charge in [-0.15, -0.1) is 0 Å². The minimum atomic E-state index is -4.93. The summed E-state index contributed by atoms with van der Waals surface area (Å²) in [4.78, 5) is 22.9. The van der Waals surface area contributed by atoms with Gasteiger partial charge in [-0.2, -0.15) is 13.2 Å². The van der Waals surface area contributed by atoms with Gasteiger partial charge in [0, 0.05) is 23.6 Å². The molecule has 0 atom stereocenters. The number of carbonyl (C=O) groups is 2. The number of alkyl halides is 3. The zero-order valence-corrected chi connectivity index (χ0v) is 11.8. The van der Waals surface area contributed by atoms with Crippen molar-refractivity contribution in [2.45, 2.75) is 26.1 Å². The van der Waals surface area contributed by atoms with Gasteiger partial charge in [-0.05, 0) is 13.0 Å². The number of benzene rings is 1. The van der Waals surface area contributed by atoms with Gasteiger partial charge >= 0.3 is 12.1 Å². The van der Waals surface area contributed by atoms with E-state index in [0.717, 1.165) is 6.20 Å². The molecule has 0 radical (unpaired) electrons. The van der Waals surface area contributed by atoms with Crippen LogP contribution in [-0.2, 0) is 16.1 Å². The molecule has 118 valence electrons. The second kappa shape index (κ2) is 6.21. The summed E-state index contributed by atoms with van der Waals surface area (Å²) in [6.45, 7) is 2.05. The monoisotopic (exact) mass is 313 g/mol. The fraction of sp³-hybridized carbons (Fsp3) is 0.333. The van der Waals surface area contributed by atoms with E-state index in [1.807, 2.05) is 0 Å². The molecule has 1 heterocycles. The highest BCUT2D eigenvalue weighted by Crippen LogP contribution is 2.28. The predicted molar refractivity (Wildman–Crippen MR) is 73.6 cm³/mol. The third kappa shape index (κ3) is 3.29. The Morgan fingerprint density at radius 2 is 1.91 bits per heavy atom. The van der Waals surface area contributed by atoms with Crippen molar-refractivity contribution in [2.24, 2.45) is 0 Å². The zero-order chi connectivity index (χ0) is 16.3. The molecule has 0 spiro atoms. The van der Waals surface area contributed by atoms with E-state index in [9.17, 15) is 22.8 Å². The van der Waals surface area contributed by atoms with Crippen LogP contribution in [0.15, 0.2) is 30.5 Å². The van der Waals surface area contributed by atoms with Crippen LogP contribution in [0.2, 0.25) is 0 Å². The van der Waals surface area contributed by atoms with Crippen LogP contribution in [0.3, 0.4) is 0 Å². The van der Waals surface area contributed by atoms with E-state index in [4.69, 9.17) is 4.74 Å². The lowest BCUT2D eigenvalue weighted by molar-refractivity contribution is -0.143. The van der Waals surface area contributed by atoms with Crippen LogP contribution in [-0.4, -0.2) is 29.1 Å². The molecule has 0 amide bonds. The number of ketones is 1. The molecule has 4 nitrogen and oxygen atoms in total. The van der Waals surface area contributed by atoms with Crippen LogP contribution < -0.4 is 0 Å². The van der Waals surface area contributed by atoms with Crippen LogP contribution >= 0.6 is 0 Å². The summed E-state index contributed by atoms with van der Waals surface area (Å²) in [6, 6.07) is 6.28. The fourth-order valence-electron chi connectivity index (χ4n) is 2.21. The highest BCUT2D eigenvalue weighted by atomic mass is 19.4. The number of rotatable bonds is 5. The Labute approximate surface area is 124 Å². The van der Waals surface area contributed by atoms with Crippen molar-refractivity contribution in [3.63, 3.8) is 0 Å². The lowest BCUT2D eigenvalue weighted by atomic mass is 10.1. The van der Waals surface area contributed by atoms with E-state index in [2.05, 4.69) is 0 Å². The molecule has 22 heavy (non-hydrogen) atoms. The minimum absolute atomic E-state index is 0.0200. The van der Waals surface area contributed by atoms with Crippen molar-refractivity contribution < 1.29 is 27.5 Å². The Balaban J connectivity index is 2.36. The van der Waals surface area contributed by atoms with Gasteiger partial charge in [0.1, 0.15) is 0 Å². The summed E-state index contributed by atoms with van der Waals surface area (Å²) in [5.74, 6) is -2.33. The molecule has 0 fully saturated rings. The second-order valence-electron chi connectivity index (χ2n) is 4.64. The number of aromatic nitrogens is 1. The molecule has 0 aliphatic rings. The van der Waals surface area contributed by atoms with Crippen LogP contribution in [0.4, 0.5) is 13.2 Å². The number of fused-ring (bicyclic) bond motifs is 1. The lowest BCUT2D eigenvalue weighted by Gasteiger charge is -2.05. The van der Waals surface area contributed by atoms with E-state index >= 15 is 0 Å². The van der Waals surface area contributed by atoms with Crippen molar-refractivity contribution >= 4 is 22.7 Å². The Morgan fingerprint density at radius 1 is 1.23 bits per heavy atom. The maximum atomic E-state index is 12.7. The average Bonchev–Trinajstić information content (AvgIpc) is 2.82. The molecule has 2 aromatic rings. The number of carbonyl (C=O) groups excluding carboxylic acids is 2. The summed E-state index contributed by atoms with van der Waals surface area (Å²) in [5.41, 5.74) is 0.0614. The molecule has 0 bridgehead atoms. The molecule has 1 aromatic heterocycles. The van der Waals surface area contributed by atoms with Crippen LogP contribution in [0, 0.1) is 0 Å². The van der Waals surface area contributed by atoms with Crippen LogP contribution in [0.1, 0.15) is 23.7 Å². The topological polar surface area (TPSA) is 48.3 Å². The Morgan fingerprint density at radius 3 is 2.55 bits per heavy atom. The first-order chi connectivity index (χ1) is 10.3. The quantitative estimate of drug-likeness (QED) is 0.628. The second-order valence-corrected chi connectivity index (χ2v) is 4.64. The number of aryl methyl sites for hydroxylation is 1. The number of hydrogen-bond donors (Lipinski definition) is 0. The van der Waals surface area contributed by atoms with Gasteiger partial charge in [-0.1, -0.05) is 18.2 Å². The minimum Gasteiger partial charge on any atom is -0.466 e.